The maximum atomic E-state index is 12.8. The van der Waals surface area contributed by atoms with E-state index in [-0.39, 0.29) is 16.8 Å². The first-order chi connectivity index (χ1) is 10.4. The Kier molecular flexibility index (Phi) is 5.20. The van der Waals surface area contributed by atoms with Gasteiger partial charge in [-0.1, -0.05) is 18.2 Å². The number of carbonyl (C=O) groups is 1. The van der Waals surface area contributed by atoms with Crippen molar-refractivity contribution in [1.29, 1.82) is 0 Å². The molecule has 1 saturated heterocycles. The minimum atomic E-state index is -3.67. The Morgan fingerprint density at radius 2 is 1.86 bits per heavy atom. The Morgan fingerprint density at radius 3 is 2.41 bits per heavy atom. The number of hydrogen-bond donors (Lipinski definition) is 1. The van der Waals surface area contributed by atoms with Crippen LogP contribution < -0.4 is 5.32 Å². The average Bonchev–Trinajstić information content (AvgIpc) is 2.54. The molecule has 0 bridgehead atoms. The van der Waals surface area contributed by atoms with Gasteiger partial charge in [-0.25, -0.2) is 8.42 Å². The summed E-state index contributed by atoms with van der Waals surface area (Å²) in [6.07, 6.45) is 0. The Balaban J connectivity index is 2.34. The van der Waals surface area contributed by atoms with Crippen LogP contribution >= 0.6 is 0 Å². The van der Waals surface area contributed by atoms with Crippen LogP contribution in [0.15, 0.2) is 35.2 Å². The Bertz CT molecular complexity index is 616. The van der Waals surface area contributed by atoms with Crippen LogP contribution in [0.4, 0.5) is 0 Å². The number of sulfonamides is 1. The van der Waals surface area contributed by atoms with Crippen LogP contribution in [0.5, 0.6) is 0 Å². The lowest BCUT2D eigenvalue weighted by atomic mass is 10.1. The molecule has 1 aliphatic rings. The molecule has 0 saturated carbocycles. The fourth-order valence-electron chi connectivity index (χ4n) is 2.65. The Labute approximate surface area is 132 Å². The molecule has 2 rings (SSSR count). The summed E-state index contributed by atoms with van der Waals surface area (Å²) in [4.78, 5) is 14.5. The van der Waals surface area contributed by atoms with Gasteiger partial charge in [-0.2, -0.15) is 4.31 Å². The van der Waals surface area contributed by atoms with Gasteiger partial charge in [-0.3, -0.25) is 9.69 Å². The molecule has 0 radical (unpaired) electrons. The van der Waals surface area contributed by atoms with Crippen molar-refractivity contribution in [2.24, 2.45) is 0 Å². The third kappa shape index (κ3) is 3.31. The largest absolute Gasteiger partial charge is 0.358 e. The van der Waals surface area contributed by atoms with Gasteiger partial charge in [0.15, 0.2) is 0 Å². The van der Waals surface area contributed by atoms with Gasteiger partial charge in [-0.05, 0) is 26.0 Å². The molecule has 1 amide bonds. The number of nitrogens with zero attached hydrogens (tertiary/aromatic N) is 2. The first-order valence-electron chi connectivity index (χ1n) is 7.40. The number of hydrogen-bond acceptors (Lipinski definition) is 4. The van der Waals surface area contributed by atoms with Gasteiger partial charge < -0.3 is 5.32 Å². The number of carbonyl (C=O) groups excluding carboxylic acids is 1. The second-order valence-corrected chi connectivity index (χ2v) is 7.54. The Hall–Kier alpha value is -1.44. The molecule has 122 valence electrons. The molecule has 7 heteroatoms. The maximum absolute atomic E-state index is 12.8. The van der Waals surface area contributed by atoms with Crippen molar-refractivity contribution in [2.45, 2.75) is 30.8 Å². The van der Waals surface area contributed by atoms with Crippen molar-refractivity contribution in [1.82, 2.24) is 14.5 Å². The van der Waals surface area contributed by atoms with Crippen LogP contribution in [0.1, 0.15) is 13.8 Å². The molecule has 1 atom stereocenters. The van der Waals surface area contributed by atoms with E-state index in [1.165, 1.54) is 11.4 Å². The number of benzene rings is 1. The zero-order valence-corrected chi connectivity index (χ0v) is 14.0. The van der Waals surface area contributed by atoms with Gasteiger partial charge in [0.25, 0.3) is 0 Å². The van der Waals surface area contributed by atoms with Crippen LogP contribution in [-0.4, -0.2) is 62.3 Å². The predicted molar refractivity (Wildman–Crippen MR) is 84.9 cm³/mol. The van der Waals surface area contributed by atoms with Crippen molar-refractivity contribution in [3.05, 3.63) is 30.3 Å². The summed E-state index contributed by atoms with van der Waals surface area (Å²) in [6, 6.07) is 7.83. The summed E-state index contributed by atoms with van der Waals surface area (Å²) >= 11 is 0. The van der Waals surface area contributed by atoms with Gasteiger partial charge in [0.1, 0.15) is 6.04 Å². The number of amides is 1. The molecule has 1 unspecified atom stereocenters. The maximum Gasteiger partial charge on any atom is 0.243 e. The first-order valence-corrected chi connectivity index (χ1v) is 8.84. The standard InChI is InChI=1S/C15H23N3O3S/c1-12(2)17-9-10-18(14(11-17)15(19)16-3)22(20,21)13-7-5-4-6-8-13/h4-8,12,14H,9-11H2,1-3H3,(H,16,19). The SMILES string of the molecule is CNC(=O)C1CN(C(C)C)CCN1S(=O)(=O)c1ccccc1. The number of piperazine rings is 1. The topological polar surface area (TPSA) is 69.7 Å². The van der Waals surface area contributed by atoms with Crippen molar-refractivity contribution in [3.8, 4) is 0 Å². The predicted octanol–water partition coefficient (Wildman–Crippen LogP) is 0.516. The van der Waals surface area contributed by atoms with Gasteiger partial charge in [0.2, 0.25) is 15.9 Å². The van der Waals surface area contributed by atoms with Gasteiger partial charge in [0, 0.05) is 32.7 Å². The van der Waals surface area contributed by atoms with Gasteiger partial charge >= 0.3 is 0 Å². The summed E-state index contributed by atoms with van der Waals surface area (Å²) in [5.41, 5.74) is 0. The first kappa shape index (κ1) is 16.9. The quantitative estimate of drug-likeness (QED) is 0.876. The smallest absolute Gasteiger partial charge is 0.243 e. The number of rotatable bonds is 4. The van der Waals surface area contributed by atoms with E-state index in [2.05, 4.69) is 10.2 Å². The molecule has 6 nitrogen and oxygen atoms in total. The fourth-order valence-corrected chi connectivity index (χ4v) is 4.24. The van der Waals surface area contributed by atoms with Crippen LogP contribution in [0.2, 0.25) is 0 Å². The molecular weight excluding hydrogens is 302 g/mol. The summed E-state index contributed by atoms with van der Waals surface area (Å²) in [7, 11) is -2.14. The molecular formula is C15H23N3O3S. The summed E-state index contributed by atoms with van der Waals surface area (Å²) in [6.45, 7) is 5.43. The van der Waals surface area contributed by atoms with Crippen LogP contribution in [0.25, 0.3) is 0 Å². The molecule has 1 N–H and O–H groups in total. The second kappa shape index (κ2) is 6.76. The van der Waals surface area contributed by atoms with Crippen molar-refractivity contribution < 1.29 is 13.2 Å². The summed E-state index contributed by atoms with van der Waals surface area (Å²) in [5.74, 6) is -0.273. The van der Waals surface area contributed by atoms with Crippen LogP contribution in [0, 0.1) is 0 Å². The highest BCUT2D eigenvalue weighted by molar-refractivity contribution is 7.89. The summed E-state index contributed by atoms with van der Waals surface area (Å²) < 4.78 is 27.0. The van der Waals surface area contributed by atoms with E-state index in [4.69, 9.17) is 0 Å². The van der Waals surface area contributed by atoms with Gasteiger partial charge in [-0.15, -0.1) is 0 Å². The molecule has 1 heterocycles. The molecule has 0 spiro atoms. The molecule has 1 aromatic rings. The van der Waals surface area contributed by atoms with E-state index in [9.17, 15) is 13.2 Å². The lowest BCUT2D eigenvalue weighted by molar-refractivity contribution is -0.126. The lowest BCUT2D eigenvalue weighted by Gasteiger charge is -2.41. The highest BCUT2D eigenvalue weighted by Gasteiger charge is 2.40. The van der Waals surface area contributed by atoms with Crippen molar-refractivity contribution >= 4 is 15.9 Å². The minimum absolute atomic E-state index is 0.224. The number of nitrogens with one attached hydrogen (secondary N) is 1. The normalized spacial score (nSPS) is 21.0. The van der Waals surface area contributed by atoms with E-state index in [0.717, 1.165) is 0 Å². The average molecular weight is 325 g/mol. The molecule has 0 aromatic heterocycles. The molecule has 1 aromatic carbocycles. The highest BCUT2D eigenvalue weighted by atomic mass is 32.2. The van der Waals surface area contributed by atoms with E-state index >= 15 is 0 Å². The van der Waals surface area contributed by atoms with E-state index in [0.29, 0.717) is 19.6 Å². The second-order valence-electron chi connectivity index (χ2n) is 5.65. The third-order valence-corrected chi connectivity index (χ3v) is 5.91. The molecule has 1 aliphatic heterocycles. The highest BCUT2D eigenvalue weighted by Crippen LogP contribution is 2.22. The summed E-state index contributed by atoms with van der Waals surface area (Å²) in [5, 5.41) is 2.58. The minimum Gasteiger partial charge on any atom is -0.358 e. The van der Waals surface area contributed by atoms with E-state index < -0.39 is 16.1 Å². The van der Waals surface area contributed by atoms with Crippen LogP contribution in [0.3, 0.4) is 0 Å². The molecule has 22 heavy (non-hydrogen) atoms. The zero-order valence-electron chi connectivity index (χ0n) is 13.2. The van der Waals surface area contributed by atoms with Crippen molar-refractivity contribution in [2.75, 3.05) is 26.7 Å². The third-order valence-electron chi connectivity index (χ3n) is 3.99. The zero-order chi connectivity index (χ0) is 16.3. The monoisotopic (exact) mass is 325 g/mol. The van der Waals surface area contributed by atoms with Crippen LogP contribution in [-0.2, 0) is 14.8 Å². The van der Waals surface area contributed by atoms with Crippen molar-refractivity contribution in [3.63, 3.8) is 0 Å². The molecule has 0 aliphatic carbocycles. The lowest BCUT2D eigenvalue weighted by Crippen LogP contribution is -2.61. The number of likely N-dealkylation sites (N-methyl/N-ethyl adjacent to an activating group) is 1. The van der Waals surface area contributed by atoms with E-state index in [1.54, 1.807) is 30.3 Å². The van der Waals surface area contributed by atoms with E-state index in [1.807, 2.05) is 13.8 Å². The fraction of sp³-hybridized carbons (Fsp3) is 0.533. The van der Waals surface area contributed by atoms with Gasteiger partial charge in [0.05, 0.1) is 4.90 Å². The Morgan fingerprint density at radius 1 is 1.23 bits per heavy atom. The molecule has 1 fully saturated rings.